The van der Waals surface area contributed by atoms with Gasteiger partial charge in [-0.25, -0.2) is 9.07 Å². The van der Waals surface area contributed by atoms with Crippen molar-refractivity contribution >= 4 is 5.91 Å². The van der Waals surface area contributed by atoms with Crippen LogP contribution < -0.4 is 10.1 Å². The first-order chi connectivity index (χ1) is 14.2. The van der Waals surface area contributed by atoms with Gasteiger partial charge in [0.25, 0.3) is 5.91 Å². The van der Waals surface area contributed by atoms with Crippen molar-refractivity contribution < 1.29 is 27.1 Å². The first-order valence-corrected chi connectivity index (χ1v) is 9.03. The van der Waals surface area contributed by atoms with Gasteiger partial charge in [-0.3, -0.25) is 4.79 Å². The van der Waals surface area contributed by atoms with Crippen molar-refractivity contribution in [2.45, 2.75) is 26.1 Å². The standard InChI is InChI=1S/C20H18F4N4O2/c1-3-30-16-6-4-5-13(11-16)12(2)25-19(29)17-18(20(22,23)24)28(27-26-17)15-9-7-14(21)8-10-15/h4-12H,3H2,1-2H3,(H,25,29). The number of carbonyl (C=O) groups excluding carboxylic acids is 1. The molecule has 1 N–H and O–H groups in total. The van der Waals surface area contributed by atoms with Crippen molar-refractivity contribution in [2.75, 3.05) is 6.61 Å². The van der Waals surface area contributed by atoms with E-state index in [1.807, 2.05) is 6.92 Å². The summed E-state index contributed by atoms with van der Waals surface area (Å²) in [6.07, 6.45) is -4.91. The zero-order chi connectivity index (χ0) is 21.9. The van der Waals surface area contributed by atoms with Gasteiger partial charge in [0.1, 0.15) is 11.6 Å². The predicted molar refractivity (Wildman–Crippen MR) is 99.8 cm³/mol. The number of nitrogens with zero attached hydrogens (tertiary/aromatic N) is 3. The van der Waals surface area contributed by atoms with Crippen LogP contribution in [0.25, 0.3) is 5.69 Å². The molecule has 2 aromatic carbocycles. The summed E-state index contributed by atoms with van der Waals surface area (Å²) in [4.78, 5) is 12.6. The lowest BCUT2D eigenvalue weighted by Gasteiger charge is -2.16. The van der Waals surface area contributed by atoms with Gasteiger partial charge in [0.05, 0.1) is 18.3 Å². The number of carbonyl (C=O) groups is 1. The molecule has 0 fully saturated rings. The molecule has 0 aliphatic rings. The molecule has 1 unspecified atom stereocenters. The van der Waals surface area contributed by atoms with Gasteiger partial charge in [-0.2, -0.15) is 13.2 Å². The van der Waals surface area contributed by atoms with E-state index in [2.05, 4.69) is 15.6 Å². The fourth-order valence-electron chi connectivity index (χ4n) is 2.84. The maximum absolute atomic E-state index is 13.7. The first kappa shape index (κ1) is 21.3. The molecule has 0 aliphatic heterocycles. The zero-order valence-corrected chi connectivity index (χ0v) is 16.1. The largest absolute Gasteiger partial charge is 0.494 e. The third kappa shape index (κ3) is 4.58. The van der Waals surface area contributed by atoms with Gasteiger partial charge >= 0.3 is 6.18 Å². The van der Waals surface area contributed by atoms with Gasteiger partial charge in [0.2, 0.25) is 0 Å². The second kappa shape index (κ2) is 8.52. The number of hydrogen-bond acceptors (Lipinski definition) is 4. The molecule has 1 atom stereocenters. The van der Waals surface area contributed by atoms with Crippen LogP contribution in [0.2, 0.25) is 0 Å². The third-order valence-electron chi connectivity index (χ3n) is 4.24. The van der Waals surface area contributed by atoms with Crippen molar-refractivity contribution in [3.05, 3.63) is 71.3 Å². The predicted octanol–water partition coefficient (Wildman–Crippen LogP) is 4.31. The minimum atomic E-state index is -4.91. The molecular weight excluding hydrogens is 404 g/mol. The molecule has 0 saturated carbocycles. The van der Waals surface area contributed by atoms with Crippen LogP contribution in [-0.2, 0) is 6.18 Å². The summed E-state index contributed by atoms with van der Waals surface area (Å²) in [7, 11) is 0. The molecule has 3 aromatic rings. The van der Waals surface area contributed by atoms with Crippen molar-refractivity contribution in [1.82, 2.24) is 20.3 Å². The van der Waals surface area contributed by atoms with Gasteiger partial charge in [0.15, 0.2) is 11.4 Å². The van der Waals surface area contributed by atoms with Crippen LogP contribution in [0.15, 0.2) is 48.5 Å². The Balaban J connectivity index is 1.90. The second-order valence-corrected chi connectivity index (χ2v) is 6.37. The van der Waals surface area contributed by atoms with Gasteiger partial charge in [0, 0.05) is 0 Å². The molecular formula is C20H18F4N4O2. The summed E-state index contributed by atoms with van der Waals surface area (Å²) in [5.74, 6) is -1.08. The van der Waals surface area contributed by atoms with Crippen LogP contribution in [-0.4, -0.2) is 27.5 Å². The highest BCUT2D eigenvalue weighted by molar-refractivity contribution is 5.93. The lowest BCUT2D eigenvalue weighted by Crippen LogP contribution is -2.29. The number of ether oxygens (including phenoxy) is 1. The van der Waals surface area contributed by atoms with E-state index in [1.54, 1.807) is 31.2 Å². The van der Waals surface area contributed by atoms with E-state index < -0.39 is 35.3 Å². The average molecular weight is 422 g/mol. The molecule has 0 bridgehead atoms. The Kier molecular flexibility index (Phi) is 6.04. The fraction of sp³-hybridized carbons (Fsp3) is 0.250. The smallest absolute Gasteiger partial charge is 0.435 e. The van der Waals surface area contributed by atoms with E-state index in [9.17, 15) is 22.4 Å². The highest BCUT2D eigenvalue weighted by Gasteiger charge is 2.42. The van der Waals surface area contributed by atoms with Crippen molar-refractivity contribution in [3.63, 3.8) is 0 Å². The van der Waals surface area contributed by atoms with Crippen molar-refractivity contribution in [3.8, 4) is 11.4 Å². The second-order valence-electron chi connectivity index (χ2n) is 6.37. The topological polar surface area (TPSA) is 69.0 Å². The first-order valence-electron chi connectivity index (χ1n) is 9.03. The molecule has 30 heavy (non-hydrogen) atoms. The Hall–Kier alpha value is -3.43. The Bertz CT molecular complexity index is 1030. The minimum absolute atomic E-state index is 0.0762. The normalized spacial score (nSPS) is 12.5. The van der Waals surface area contributed by atoms with E-state index in [0.717, 1.165) is 24.3 Å². The zero-order valence-electron chi connectivity index (χ0n) is 16.1. The number of rotatable bonds is 6. The molecule has 158 valence electrons. The summed E-state index contributed by atoms with van der Waals surface area (Å²) >= 11 is 0. The molecule has 10 heteroatoms. The molecule has 1 heterocycles. The fourth-order valence-corrected chi connectivity index (χ4v) is 2.84. The quantitative estimate of drug-likeness (QED) is 0.601. The van der Waals surface area contributed by atoms with Crippen molar-refractivity contribution in [1.29, 1.82) is 0 Å². The van der Waals surface area contributed by atoms with Gasteiger partial charge in [-0.15, -0.1) is 5.10 Å². The number of alkyl halides is 3. The maximum atomic E-state index is 13.7. The SMILES string of the molecule is CCOc1cccc(C(C)NC(=O)c2nnn(-c3ccc(F)cc3)c2C(F)(F)F)c1. The van der Waals surface area contributed by atoms with E-state index >= 15 is 0 Å². The molecule has 0 spiro atoms. The van der Waals surface area contributed by atoms with Gasteiger partial charge in [-0.05, 0) is 55.8 Å². The summed E-state index contributed by atoms with van der Waals surface area (Å²) in [6, 6.07) is 10.4. The van der Waals surface area contributed by atoms with Crippen LogP contribution in [0.3, 0.4) is 0 Å². The average Bonchev–Trinajstić information content (AvgIpc) is 3.15. The Morgan fingerprint density at radius 1 is 1.20 bits per heavy atom. The Morgan fingerprint density at radius 3 is 2.53 bits per heavy atom. The lowest BCUT2D eigenvalue weighted by atomic mass is 10.1. The number of hydrogen-bond donors (Lipinski definition) is 1. The number of nitrogens with one attached hydrogen (secondary N) is 1. The van der Waals surface area contributed by atoms with Crippen LogP contribution >= 0.6 is 0 Å². The number of benzene rings is 2. The molecule has 0 saturated heterocycles. The summed E-state index contributed by atoms with van der Waals surface area (Å²) in [6.45, 7) is 3.90. The Labute approximate surface area is 169 Å². The molecule has 1 aromatic heterocycles. The highest BCUT2D eigenvalue weighted by Crippen LogP contribution is 2.33. The van der Waals surface area contributed by atoms with Gasteiger partial charge < -0.3 is 10.1 Å². The number of aromatic nitrogens is 3. The molecule has 6 nitrogen and oxygen atoms in total. The van der Waals surface area contributed by atoms with Crippen LogP contribution in [0, 0.1) is 5.82 Å². The summed E-state index contributed by atoms with van der Waals surface area (Å²) in [5.41, 5.74) is -1.65. The summed E-state index contributed by atoms with van der Waals surface area (Å²) < 4.78 is 60.1. The van der Waals surface area contributed by atoms with E-state index in [4.69, 9.17) is 4.74 Å². The number of halogens is 4. The van der Waals surface area contributed by atoms with Gasteiger partial charge in [-0.1, -0.05) is 17.3 Å². The molecule has 0 aliphatic carbocycles. The van der Waals surface area contributed by atoms with E-state index in [0.29, 0.717) is 22.6 Å². The summed E-state index contributed by atoms with van der Waals surface area (Å²) in [5, 5.41) is 9.40. The Morgan fingerprint density at radius 2 is 1.90 bits per heavy atom. The minimum Gasteiger partial charge on any atom is -0.494 e. The van der Waals surface area contributed by atoms with E-state index in [1.165, 1.54) is 0 Å². The van der Waals surface area contributed by atoms with Crippen molar-refractivity contribution in [2.24, 2.45) is 0 Å². The van der Waals surface area contributed by atoms with Crippen LogP contribution in [0.1, 0.15) is 41.6 Å². The maximum Gasteiger partial charge on any atom is 0.435 e. The highest BCUT2D eigenvalue weighted by atomic mass is 19.4. The number of amides is 1. The van der Waals surface area contributed by atoms with E-state index in [-0.39, 0.29) is 5.69 Å². The molecule has 3 rings (SSSR count). The van der Waals surface area contributed by atoms with Crippen LogP contribution in [0.5, 0.6) is 5.75 Å². The van der Waals surface area contributed by atoms with Crippen LogP contribution in [0.4, 0.5) is 17.6 Å². The molecule has 1 amide bonds. The lowest BCUT2D eigenvalue weighted by molar-refractivity contribution is -0.143. The third-order valence-corrected chi connectivity index (χ3v) is 4.24. The monoisotopic (exact) mass is 422 g/mol. The molecule has 0 radical (unpaired) electrons.